The molecule has 186 valence electrons. The first-order valence-corrected chi connectivity index (χ1v) is 12.8. The van der Waals surface area contributed by atoms with Gasteiger partial charge in [-0.3, -0.25) is 5.10 Å². The van der Waals surface area contributed by atoms with E-state index in [4.69, 9.17) is 10.8 Å². The first kappa shape index (κ1) is 25.5. The van der Waals surface area contributed by atoms with Crippen molar-refractivity contribution in [3.05, 3.63) is 89.5 Å². The number of nitrogens with one attached hydrogen (secondary N) is 2. The number of H-pyrrole nitrogens is 1. The average Bonchev–Trinajstić information content (AvgIpc) is 3.34. The van der Waals surface area contributed by atoms with Gasteiger partial charge < -0.3 is 10.6 Å². The maximum atomic E-state index is 5.74. The SMILES string of the molecule is CC(C)(C)c1ccc(SNC(=NN)c2cccc(-c3n[nH]c(-c4ccc(C(C)(C)C)cc4)n3)c2)cc1. The van der Waals surface area contributed by atoms with Gasteiger partial charge in [-0.05, 0) is 52.1 Å². The molecule has 0 saturated heterocycles. The smallest absolute Gasteiger partial charge is 0.181 e. The molecule has 1 aromatic heterocycles. The van der Waals surface area contributed by atoms with Gasteiger partial charge in [0.2, 0.25) is 0 Å². The Morgan fingerprint density at radius 3 is 2.03 bits per heavy atom. The minimum absolute atomic E-state index is 0.107. The first-order valence-electron chi connectivity index (χ1n) is 12.0. The molecular formula is C29H34N6S. The Hall–Kier alpha value is -3.58. The van der Waals surface area contributed by atoms with Crippen molar-refractivity contribution in [1.29, 1.82) is 0 Å². The van der Waals surface area contributed by atoms with E-state index >= 15 is 0 Å². The summed E-state index contributed by atoms with van der Waals surface area (Å²) in [7, 11) is 0. The molecule has 4 aromatic rings. The summed E-state index contributed by atoms with van der Waals surface area (Å²) in [6.45, 7) is 13.2. The molecule has 36 heavy (non-hydrogen) atoms. The fraction of sp³-hybridized carbons (Fsp3) is 0.276. The molecule has 0 fully saturated rings. The van der Waals surface area contributed by atoms with E-state index in [1.165, 1.54) is 23.1 Å². The van der Waals surface area contributed by atoms with E-state index in [1.54, 1.807) is 0 Å². The molecule has 6 nitrogen and oxygen atoms in total. The molecule has 1 heterocycles. The van der Waals surface area contributed by atoms with Crippen LogP contribution in [0.5, 0.6) is 0 Å². The number of aromatic nitrogens is 3. The molecule has 0 saturated carbocycles. The second-order valence-corrected chi connectivity index (χ2v) is 11.8. The summed E-state index contributed by atoms with van der Waals surface area (Å²) in [4.78, 5) is 5.81. The van der Waals surface area contributed by atoms with Crippen LogP contribution in [0.2, 0.25) is 0 Å². The number of hydrogen-bond acceptors (Lipinski definition) is 5. The maximum absolute atomic E-state index is 5.74. The summed E-state index contributed by atoms with van der Waals surface area (Å²) in [6.07, 6.45) is 0. The lowest BCUT2D eigenvalue weighted by Gasteiger charge is -2.19. The van der Waals surface area contributed by atoms with Crippen molar-refractivity contribution in [2.75, 3.05) is 0 Å². The molecule has 4 N–H and O–H groups in total. The molecule has 7 heteroatoms. The second-order valence-electron chi connectivity index (χ2n) is 10.9. The number of nitrogens with zero attached hydrogens (tertiary/aromatic N) is 3. The third kappa shape index (κ3) is 5.97. The van der Waals surface area contributed by atoms with E-state index < -0.39 is 0 Å². The zero-order chi connectivity index (χ0) is 25.9. The highest BCUT2D eigenvalue weighted by atomic mass is 32.2. The maximum Gasteiger partial charge on any atom is 0.181 e. The molecule has 0 radical (unpaired) electrons. The third-order valence-corrected chi connectivity index (χ3v) is 6.82. The zero-order valence-corrected chi connectivity index (χ0v) is 22.6. The normalized spacial score (nSPS) is 12.6. The van der Waals surface area contributed by atoms with Gasteiger partial charge >= 0.3 is 0 Å². The topological polar surface area (TPSA) is 92.0 Å². The Morgan fingerprint density at radius 1 is 0.833 bits per heavy atom. The number of benzene rings is 3. The summed E-state index contributed by atoms with van der Waals surface area (Å²) < 4.78 is 3.28. The highest BCUT2D eigenvalue weighted by molar-refractivity contribution is 7.98. The van der Waals surface area contributed by atoms with Gasteiger partial charge in [0.15, 0.2) is 17.5 Å². The summed E-state index contributed by atoms with van der Waals surface area (Å²) in [5.74, 6) is 7.67. The van der Waals surface area contributed by atoms with E-state index in [9.17, 15) is 0 Å². The third-order valence-electron chi connectivity index (χ3n) is 6.02. The minimum Gasteiger partial charge on any atom is -0.321 e. The van der Waals surface area contributed by atoms with E-state index in [2.05, 4.69) is 110 Å². The zero-order valence-electron chi connectivity index (χ0n) is 21.8. The summed E-state index contributed by atoms with van der Waals surface area (Å²) >= 11 is 1.47. The van der Waals surface area contributed by atoms with Crippen LogP contribution in [0.15, 0.2) is 82.8 Å². The summed E-state index contributed by atoms with van der Waals surface area (Å²) in [5.41, 5.74) is 5.54. The van der Waals surface area contributed by atoms with Gasteiger partial charge in [0.25, 0.3) is 0 Å². The predicted octanol–water partition coefficient (Wildman–Crippen LogP) is 6.65. The van der Waals surface area contributed by atoms with E-state index in [-0.39, 0.29) is 10.8 Å². The molecule has 0 unspecified atom stereocenters. The molecule has 0 aliphatic rings. The van der Waals surface area contributed by atoms with Crippen molar-refractivity contribution in [3.8, 4) is 22.8 Å². The average molecular weight is 499 g/mol. The Balaban J connectivity index is 1.48. The highest BCUT2D eigenvalue weighted by Crippen LogP contribution is 2.27. The van der Waals surface area contributed by atoms with Crippen molar-refractivity contribution in [1.82, 2.24) is 19.9 Å². The van der Waals surface area contributed by atoms with Crippen LogP contribution in [0.1, 0.15) is 58.2 Å². The van der Waals surface area contributed by atoms with Gasteiger partial charge in [-0.25, -0.2) is 4.98 Å². The largest absolute Gasteiger partial charge is 0.321 e. The van der Waals surface area contributed by atoms with E-state index in [1.807, 2.05) is 24.3 Å². The number of amidine groups is 1. The predicted molar refractivity (Wildman–Crippen MR) is 151 cm³/mol. The van der Waals surface area contributed by atoms with Crippen LogP contribution >= 0.6 is 11.9 Å². The molecule has 4 rings (SSSR count). The standard InChI is InChI=1S/C29H34N6S/c1-28(2,3)22-12-10-19(11-13-22)25-31-26(34-33-25)20-8-7-9-21(18-20)27(32-30)35-36-24-16-14-23(15-17-24)29(4,5)6/h7-18H,30H2,1-6H3,(H,32,35)(H,31,33,34). The second kappa shape index (κ2) is 10.2. The van der Waals surface area contributed by atoms with Gasteiger partial charge in [0.05, 0.1) is 0 Å². The monoisotopic (exact) mass is 498 g/mol. The molecule has 0 atom stereocenters. The van der Waals surface area contributed by atoms with Crippen LogP contribution in [0.4, 0.5) is 0 Å². The van der Waals surface area contributed by atoms with Crippen LogP contribution in [0, 0.1) is 0 Å². The first-order chi connectivity index (χ1) is 17.0. The summed E-state index contributed by atoms with van der Waals surface area (Å²) in [6, 6.07) is 24.8. The number of nitrogens with two attached hydrogens (primary N) is 1. The highest BCUT2D eigenvalue weighted by Gasteiger charge is 2.15. The Bertz CT molecular complexity index is 1340. The van der Waals surface area contributed by atoms with E-state index in [0.29, 0.717) is 11.7 Å². The number of rotatable bonds is 5. The lowest BCUT2D eigenvalue weighted by atomic mass is 9.87. The quantitative estimate of drug-likeness (QED) is 0.0942. The fourth-order valence-electron chi connectivity index (χ4n) is 3.74. The van der Waals surface area contributed by atoms with Crippen molar-refractivity contribution in [2.45, 2.75) is 57.3 Å². The van der Waals surface area contributed by atoms with Crippen molar-refractivity contribution in [3.63, 3.8) is 0 Å². The number of hydrogen-bond donors (Lipinski definition) is 3. The molecule has 0 aliphatic heterocycles. The molecule has 0 aliphatic carbocycles. The van der Waals surface area contributed by atoms with Crippen LogP contribution < -0.4 is 10.6 Å². The summed E-state index contributed by atoms with van der Waals surface area (Å²) in [5, 5.41) is 11.5. The molecule has 0 bridgehead atoms. The van der Waals surface area contributed by atoms with Crippen LogP contribution in [0.3, 0.4) is 0 Å². The Labute approximate surface area is 218 Å². The van der Waals surface area contributed by atoms with Gasteiger partial charge in [-0.2, -0.15) is 10.2 Å². The molecule has 0 amide bonds. The lowest BCUT2D eigenvalue weighted by molar-refractivity contribution is 0.589. The van der Waals surface area contributed by atoms with Gasteiger partial charge in [0.1, 0.15) is 0 Å². The minimum atomic E-state index is 0.107. The Kier molecular flexibility index (Phi) is 7.22. The number of aromatic amines is 1. The Morgan fingerprint density at radius 2 is 1.44 bits per heavy atom. The lowest BCUT2D eigenvalue weighted by Crippen LogP contribution is -2.19. The van der Waals surface area contributed by atoms with Gasteiger partial charge in [-0.1, -0.05) is 96.1 Å². The molecular weight excluding hydrogens is 464 g/mol. The fourth-order valence-corrected chi connectivity index (χ4v) is 4.40. The van der Waals surface area contributed by atoms with Crippen LogP contribution in [-0.2, 0) is 10.8 Å². The van der Waals surface area contributed by atoms with Crippen molar-refractivity contribution < 1.29 is 0 Å². The molecule has 0 spiro atoms. The van der Waals surface area contributed by atoms with Gasteiger partial charge in [0, 0.05) is 21.6 Å². The van der Waals surface area contributed by atoms with Crippen LogP contribution in [-0.4, -0.2) is 21.0 Å². The van der Waals surface area contributed by atoms with Crippen molar-refractivity contribution >= 4 is 17.8 Å². The van der Waals surface area contributed by atoms with Gasteiger partial charge in [-0.15, -0.1) is 0 Å². The van der Waals surface area contributed by atoms with Crippen LogP contribution in [0.25, 0.3) is 22.8 Å². The van der Waals surface area contributed by atoms with Crippen molar-refractivity contribution in [2.24, 2.45) is 10.9 Å². The molecule has 3 aromatic carbocycles. The number of hydrazone groups is 1. The van der Waals surface area contributed by atoms with E-state index in [0.717, 1.165) is 27.4 Å².